The highest BCUT2D eigenvalue weighted by Gasteiger charge is 2.26. The molecule has 42 heavy (non-hydrogen) atoms. The second-order valence-electron chi connectivity index (χ2n) is 9.41. The van der Waals surface area contributed by atoms with Crippen molar-refractivity contribution >= 4 is 41.8 Å². The molecule has 3 aliphatic rings. The molecule has 6 rings (SSSR count). The number of rotatable bonds is 7. The molecule has 0 radical (unpaired) electrons. The zero-order chi connectivity index (χ0) is 30.3. The number of aromatic amines is 1. The number of piperazine rings is 1. The van der Waals surface area contributed by atoms with E-state index in [9.17, 15) is 9.59 Å². The van der Waals surface area contributed by atoms with Crippen LogP contribution in [0.3, 0.4) is 0 Å². The molecule has 2 aliphatic heterocycles. The van der Waals surface area contributed by atoms with Crippen LogP contribution in [0.25, 0.3) is 0 Å². The molecule has 14 heteroatoms. The molecule has 0 spiro atoms. The average molecular weight is 573 g/mol. The fraction of sp³-hybridized carbons (Fsp3) is 0.429. The van der Waals surface area contributed by atoms with Gasteiger partial charge in [-0.1, -0.05) is 0 Å². The number of aromatic nitrogens is 7. The second-order valence-corrected chi connectivity index (χ2v) is 9.41. The Kier molecular flexibility index (Phi) is 12.0. The first kappa shape index (κ1) is 31.3. The van der Waals surface area contributed by atoms with Crippen LogP contribution < -0.4 is 20.4 Å². The maximum absolute atomic E-state index is 11.6. The third-order valence-electron chi connectivity index (χ3n) is 6.63. The fourth-order valence-electron chi connectivity index (χ4n) is 4.38. The van der Waals surface area contributed by atoms with Crippen LogP contribution in [-0.2, 0) is 9.59 Å². The van der Waals surface area contributed by atoms with Crippen molar-refractivity contribution in [2.24, 2.45) is 0 Å². The molecular weight excluding hydrogens is 536 g/mol. The Labute approximate surface area is 245 Å². The molecule has 3 aromatic heterocycles. The van der Waals surface area contributed by atoms with Crippen LogP contribution in [-0.4, -0.2) is 91.6 Å². The Hall–Kier alpha value is -5.24. The molecule has 3 fully saturated rings. The minimum Gasteiger partial charge on any atom is -0.341 e. The average Bonchev–Trinajstić information content (AvgIpc) is 3.53. The molecule has 0 atom stereocenters. The molecule has 1 aliphatic carbocycles. The van der Waals surface area contributed by atoms with Crippen molar-refractivity contribution in [1.29, 1.82) is 0 Å². The van der Waals surface area contributed by atoms with Gasteiger partial charge in [0, 0.05) is 76.3 Å². The highest BCUT2D eigenvalue weighted by atomic mass is 16.2. The summed E-state index contributed by atoms with van der Waals surface area (Å²) < 4.78 is 0. The van der Waals surface area contributed by atoms with E-state index in [2.05, 4.69) is 76.3 Å². The summed E-state index contributed by atoms with van der Waals surface area (Å²) in [6.45, 7) is 6.36. The van der Waals surface area contributed by atoms with Crippen LogP contribution in [0.2, 0.25) is 0 Å². The number of hydrogen-bond donors (Lipinski definition) is 3. The summed E-state index contributed by atoms with van der Waals surface area (Å²) in [5.41, 5.74) is 1.17. The van der Waals surface area contributed by atoms with Gasteiger partial charge in [-0.3, -0.25) is 19.7 Å². The van der Waals surface area contributed by atoms with E-state index in [1.54, 1.807) is 6.92 Å². The molecule has 0 bridgehead atoms. The van der Waals surface area contributed by atoms with Crippen molar-refractivity contribution in [3.05, 3.63) is 30.4 Å². The number of carbonyl (C=O) groups excluding carboxylic acids is 2. The van der Waals surface area contributed by atoms with Gasteiger partial charge in [-0.2, -0.15) is 20.1 Å². The molecule has 5 heterocycles. The summed E-state index contributed by atoms with van der Waals surface area (Å²) in [5.74, 6) is 3.81. The van der Waals surface area contributed by atoms with Gasteiger partial charge in [0.05, 0.1) is 6.20 Å². The number of amides is 2. The third-order valence-corrected chi connectivity index (χ3v) is 6.63. The Morgan fingerprint density at radius 2 is 1.57 bits per heavy atom. The Morgan fingerprint density at radius 1 is 0.929 bits per heavy atom. The lowest BCUT2D eigenvalue weighted by molar-refractivity contribution is -0.129. The first-order valence-corrected chi connectivity index (χ1v) is 13.6. The van der Waals surface area contributed by atoms with E-state index in [1.165, 1.54) is 37.1 Å². The summed E-state index contributed by atoms with van der Waals surface area (Å²) in [5, 5.41) is 13.1. The van der Waals surface area contributed by atoms with Gasteiger partial charge in [0.1, 0.15) is 0 Å². The predicted molar refractivity (Wildman–Crippen MR) is 161 cm³/mol. The van der Waals surface area contributed by atoms with Crippen molar-refractivity contribution in [3.8, 4) is 25.7 Å². The second kappa shape index (κ2) is 16.1. The first-order valence-electron chi connectivity index (χ1n) is 13.6. The fourth-order valence-corrected chi connectivity index (χ4v) is 4.38. The number of anilines is 5. The molecular formula is C28H36N12O2. The van der Waals surface area contributed by atoms with E-state index >= 15 is 0 Å². The van der Waals surface area contributed by atoms with Crippen molar-refractivity contribution in [2.45, 2.75) is 38.5 Å². The van der Waals surface area contributed by atoms with E-state index in [0.29, 0.717) is 49.1 Å². The van der Waals surface area contributed by atoms with Crippen LogP contribution in [0.1, 0.15) is 44.2 Å². The Bertz CT molecular complexity index is 1300. The van der Waals surface area contributed by atoms with Crippen molar-refractivity contribution in [1.82, 2.24) is 40.0 Å². The zero-order valence-electron chi connectivity index (χ0n) is 23.7. The summed E-state index contributed by atoms with van der Waals surface area (Å²) in [4.78, 5) is 49.2. The quantitative estimate of drug-likeness (QED) is 0.281. The smallest absolute Gasteiger partial charge is 0.235 e. The van der Waals surface area contributed by atoms with Gasteiger partial charge in [0.15, 0.2) is 11.6 Å². The largest absolute Gasteiger partial charge is 0.341 e. The number of hydrogen-bond acceptors (Lipinski definition) is 11. The van der Waals surface area contributed by atoms with E-state index in [0.717, 1.165) is 44.8 Å². The van der Waals surface area contributed by atoms with Gasteiger partial charge in [0.2, 0.25) is 30.2 Å². The number of carbonyl (C=O) groups is 2. The van der Waals surface area contributed by atoms with Gasteiger partial charge in [0.25, 0.3) is 0 Å². The number of nitrogens with one attached hydrogen (secondary N) is 3. The van der Waals surface area contributed by atoms with Crippen molar-refractivity contribution < 1.29 is 9.59 Å². The van der Waals surface area contributed by atoms with Crippen molar-refractivity contribution in [2.75, 3.05) is 59.7 Å². The molecule has 1 saturated carbocycles. The van der Waals surface area contributed by atoms with Gasteiger partial charge in [-0.25, -0.2) is 4.98 Å². The molecule has 0 unspecified atom stereocenters. The minimum atomic E-state index is 0.116. The minimum absolute atomic E-state index is 0.116. The lowest BCUT2D eigenvalue weighted by atomic mass is 10.3. The molecule has 2 saturated heterocycles. The molecule has 14 nitrogen and oxygen atoms in total. The van der Waals surface area contributed by atoms with Gasteiger partial charge >= 0.3 is 0 Å². The number of H-pyrrole nitrogens is 1. The number of nitrogens with zero attached hydrogens (tertiary/aromatic N) is 9. The van der Waals surface area contributed by atoms with Gasteiger partial charge < -0.3 is 25.3 Å². The summed E-state index contributed by atoms with van der Waals surface area (Å²) in [6, 6.07) is 2.04. The highest BCUT2D eigenvalue weighted by molar-refractivity contribution is 5.73. The monoisotopic (exact) mass is 572 g/mol. The summed E-state index contributed by atoms with van der Waals surface area (Å²) in [7, 11) is 0. The predicted octanol–water partition coefficient (Wildman–Crippen LogP) is 2.03. The molecule has 2 amide bonds. The van der Waals surface area contributed by atoms with Crippen LogP contribution in [0, 0.1) is 25.7 Å². The first-order chi connectivity index (χ1) is 20.6. The van der Waals surface area contributed by atoms with E-state index in [1.807, 2.05) is 11.0 Å². The zero-order valence-corrected chi connectivity index (χ0v) is 23.7. The normalized spacial score (nSPS) is 15.5. The van der Waals surface area contributed by atoms with Crippen LogP contribution in [0.15, 0.2) is 24.7 Å². The van der Waals surface area contributed by atoms with Crippen LogP contribution in [0.5, 0.6) is 0 Å². The van der Waals surface area contributed by atoms with E-state index in [4.69, 9.17) is 4.98 Å². The SMILES string of the molecule is C#C.C#C.CC(=O)N1CCN(c2nc(Nc3cc(C4CC4)[nH]n3)nc(N3CCCC3)n2)CC1.O=CNc1cnccn1. The van der Waals surface area contributed by atoms with Crippen molar-refractivity contribution in [3.63, 3.8) is 0 Å². The number of terminal acetylenes is 2. The molecule has 220 valence electrons. The Morgan fingerprint density at radius 3 is 2.12 bits per heavy atom. The Balaban J connectivity index is 0.000000315. The standard InChI is InChI=1S/C19H27N9O.C5H5N3O.2C2H2/c1-13(29)26-8-10-28(11-9-26)19-22-17(21-18(23-19)27-6-2-3-7-27)20-16-12-15(24-25-16)14-4-5-14;9-4-8-5-3-6-1-2-7-5;2*1-2/h12,14H,2-11H2,1H3,(H2,20,21,22,23,24,25);1-4H,(H,7,8,9);2*1-2H. The maximum atomic E-state index is 11.6. The molecule has 3 N–H and O–H groups in total. The topological polar surface area (TPSA) is 161 Å². The summed E-state index contributed by atoms with van der Waals surface area (Å²) >= 11 is 0. The third kappa shape index (κ3) is 8.89. The molecule has 3 aromatic rings. The molecule has 0 aromatic carbocycles. The van der Waals surface area contributed by atoms with E-state index < -0.39 is 0 Å². The lowest BCUT2D eigenvalue weighted by Crippen LogP contribution is -2.48. The summed E-state index contributed by atoms with van der Waals surface area (Å²) in [6.07, 6.45) is 25.8. The van der Waals surface area contributed by atoms with Gasteiger partial charge in [-0.15, -0.1) is 25.7 Å². The highest BCUT2D eigenvalue weighted by Crippen LogP contribution is 2.39. The van der Waals surface area contributed by atoms with E-state index in [-0.39, 0.29) is 5.91 Å². The maximum Gasteiger partial charge on any atom is 0.235 e. The van der Waals surface area contributed by atoms with Gasteiger partial charge in [-0.05, 0) is 25.7 Å². The van der Waals surface area contributed by atoms with Crippen LogP contribution >= 0.6 is 0 Å². The lowest BCUT2D eigenvalue weighted by Gasteiger charge is -2.34. The van der Waals surface area contributed by atoms with Crippen LogP contribution in [0.4, 0.5) is 29.5 Å².